The van der Waals surface area contributed by atoms with E-state index in [1.807, 2.05) is 0 Å². The summed E-state index contributed by atoms with van der Waals surface area (Å²) in [6.45, 7) is 3.93. The Labute approximate surface area is 99.8 Å². The zero-order valence-corrected chi connectivity index (χ0v) is 10.5. The van der Waals surface area contributed by atoms with Gasteiger partial charge in [-0.1, -0.05) is 12.8 Å². The van der Waals surface area contributed by atoms with Crippen LogP contribution < -0.4 is 5.32 Å². The lowest BCUT2D eigenvalue weighted by Gasteiger charge is -2.48. The van der Waals surface area contributed by atoms with E-state index in [0.29, 0.717) is 0 Å². The van der Waals surface area contributed by atoms with E-state index in [4.69, 9.17) is 0 Å². The molecule has 3 aliphatic rings. The van der Waals surface area contributed by atoms with Gasteiger partial charge in [-0.3, -0.25) is 4.90 Å². The second-order valence-electron chi connectivity index (χ2n) is 5.97. The third-order valence-corrected chi connectivity index (χ3v) is 5.06. The number of piperidine rings is 2. The number of hydrogen-bond donors (Lipinski definition) is 1. The monoisotopic (exact) mass is 222 g/mol. The first-order valence-electron chi connectivity index (χ1n) is 7.41. The summed E-state index contributed by atoms with van der Waals surface area (Å²) in [5.74, 6) is 1.00. The molecule has 1 N–H and O–H groups in total. The average molecular weight is 222 g/mol. The highest BCUT2D eigenvalue weighted by Gasteiger charge is 2.36. The van der Waals surface area contributed by atoms with E-state index in [1.54, 1.807) is 0 Å². The van der Waals surface area contributed by atoms with Gasteiger partial charge < -0.3 is 5.32 Å². The van der Waals surface area contributed by atoms with Crippen LogP contribution in [0.5, 0.6) is 0 Å². The lowest BCUT2D eigenvalue weighted by Crippen LogP contribution is -2.53. The minimum Gasteiger partial charge on any atom is -0.317 e. The molecule has 2 heteroatoms. The zero-order valence-electron chi connectivity index (χ0n) is 10.5. The van der Waals surface area contributed by atoms with Crippen LogP contribution in [0.1, 0.15) is 51.4 Å². The maximum atomic E-state index is 3.51. The topological polar surface area (TPSA) is 15.3 Å². The molecule has 2 heterocycles. The fraction of sp³-hybridized carbons (Fsp3) is 1.00. The third kappa shape index (κ3) is 2.14. The lowest BCUT2D eigenvalue weighted by atomic mass is 9.80. The van der Waals surface area contributed by atoms with Crippen molar-refractivity contribution >= 4 is 0 Å². The van der Waals surface area contributed by atoms with Crippen molar-refractivity contribution in [2.75, 3.05) is 19.6 Å². The molecule has 3 rings (SSSR count). The summed E-state index contributed by atoms with van der Waals surface area (Å²) in [5, 5.41) is 3.51. The van der Waals surface area contributed by atoms with Crippen LogP contribution in [0, 0.1) is 5.92 Å². The van der Waals surface area contributed by atoms with Crippen LogP contribution in [-0.4, -0.2) is 36.6 Å². The molecule has 0 spiro atoms. The predicted molar refractivity (Wildman–Crippen MR) is 67.6 cm³/mol. The van der Waals surface area contributed by atoms with Crippen molar-refractivity contribution in [1.29, 1.82) is 0 Å². The fourth-order valence-electron chi connectivity index (χ4n) is 3.89. The molecular weight excluding hydrogens is 196 g/mol. The summed E-state index contributed by atoms with van der Waals surface area (Å²) in [7, 11) is 0. The largest absolute Gasteiger partial charge is 0.317 e. The quantitative estimate of drug-likeness (QED) is 0.772. The molecule has 0 amide bonds. The van der Waals surface area contributed by atoms with Gasteiger partial charge in [0, 0.05) is 12.1 Å². The smallest absolute Gasteiger partial charge is 0.0127 e. The molecule has 1 unspecified atom stereocenters. The molecule has 0 aromatic rings. The summed E-state index contributed by atoms with van der Waals surface area (Å²) < 4.78 is 0. The highest BCUT2D eigenvalue weighted by Crippen LogP contribution is 2.35. The van der Waals surface area contributed by atoms with Gasteiger partial charge in [-0.05, 0) is 64.1 Å². The first-order valence-corrected chi connectivity index (χ1v) is 7.41. The van der Waals surface area contributed by atoms with Gasteiger partial charge in [0.1, 0.15) is 0 Å². The van der Waals surface area contributed by atoms with Crippen molar-refractivity contribution in [3.05, 3.63) is 0 Å². The van der Waals surface area contributed by atoms with Gasteiger partial charge in [0.15, 0.2) is 0 Å². The SMILES string of the molecule is C1CC(N2CCCCC2C2CCNCC2)C1. The Hall–Kier alpha value is -0.0800. The summed E-state index contributed by atoms with van der Waals surface area (Å²) in [6.07, 6.45) is 11.7. The van der Waals surface area contributed by atoms with Crippen LogP contribution in [0.15, 0.2) is 0 Å². The minimum atomic E-state index is 0.946. The van der Waals surface area contributed by atoms with E-state index in [1.165, 1.54) is 71.0 Å². The number of rotatable bonds is 2. The van der Waals surface area contributed by atoms with E-state index < -0.39 is 0 Å². The van der Waals surface area contributed by atoms with E-state index in [2.05, 4.69) is 10.2 Å². The Morgan fingerprint density at radius 3 is 2.31 bits per heavy atom. The molecule has 2 saturated heterocycles. The Balaban J connectivity index is 1.64. The van der Waals surface area contributed by atoms with E-state index in [0.717, 1.165) is 18.0 Å². The summed E-state index contributed by atoms with van der Waals surface area (Å²) in [4.78, 5) is 2.91. The van der Waals surface area contributed by atoms with Crippen molar-refractivity contribution in [3.8, 4) is 0 Å². The van der Waals surface area contributed by atoms with Crippen molar-refractivity contribution in [2.45, 2.75) is 63.5 Å². The third-order valence-electron chi connectivity index (χ3n) is 5.06. The summed E-state index contributed by atoms with van der Waals surface area (Å²) in [5.41, 5.74) is 0. The first-order chi connectivity index (χ1) is 7.95. The lowest BCUT2D eigenvalue weighted by molar-refractivity contribution is 0.0147. The van der Waals surface area contributed by atoms with Gasteiger partial charge in [-0.2, -0.15) is 0 Å². The Kier molecular flexibility index (Phi) is 3.49. The van der Waals surface area contributed by atoms with Gasteiger partial charge in [0.2, 0.25) is 0 Å². The summed E-state index contributed by atoms with van der Waals surface area (Å²) in [6, 6.07) is 1.92. The molecule has 2 nitrogen and oxygen atoms in total. The zero-order chi connectivity index (χ0) is 10.8. The van der Waals surface area contributed by atoms with Crippen LogP contribution in [0.2, 0.25) is 0 Å². The fourth-order valence-corrected chi connectivity index (χ4v) is 3.89. The number of hydrogen-bond acceptors (Lipinski definition) is 2. The van der Waals surface area contributed by atoms with Gasteiger partial charge in [0.05, 0.1) is 0 Å². The van der Waals surface area contributed by atoms with Gasteiger partial charge >= 0.3 is 0 Å². The number of nitrogens with one attached hydrogen (secondary N) is 1. The molecule has 1 atom stereocenters. The Morgan fingerprint density at radius 2 is 1.62 bits per heavy atom. The molecule has 0 aromatic carbocycles. The van der Waals surface area contributed by atoms with Crippen LogP contribution in [0.4, 0.5) is 0 Å². The second kappa shape index (κ2) is 5.05. The molecular formula is C14H26N2. The van der Waals surface area contributed by atoms with Gasteiger partial charge in [0.25, 0.3) is 0 Å². The highest BCUT2D eigenvalue weighted by molar-refractivity contribution is 4.91. The maximum Gasteiger partial charge on any atom is 0.0127 e. The van der Waals surface area contributed by atoms with Crippen molar-refractivity contribution < 1.29 is 0 Å². The predicted octanol–water partition coefficient (Wildman–Crippen LogP) is 2.39. The van der Waals surface area contributed by atoms with E-state index in [-0.39, 0.29) is 0 Å². The molecule has 92 valence electrons. The molecule has 0 bridgehead atoms. The van der Waals surface area contributed by atoms with Crippen molar-refractivity contribution in [3.63, 3.8) is 0 Å². The van der Waals surface area contributed by atoms with Crippen molar-refractivity contribution in [1.82, 2.24) is 10.2 Å². The maximum absolute atomic E-state index is 3.51. The molecule has 1 saturated carbocycles. The second-order valence-corrected chi connectivity index (χ2v) is 5.97. The Bertz CT molecular complexity index is 219. The highest BCUT2D eigenvalue weighted by atomic mass is 15.2. The van der Waals surface area contributed by atoms with Crippen LogP contribution >= 0.6 is 0 Å². The van der Waals surface area contributed by atoms with Crippen molar-refractivity contribution in [2.24, 2.45) is 5.92 Å². The molecule has 2 aliphatic heterocycles. The molecule has 16 heavy (non-hydrogen) atoms. The molecule has 0 aromatic heterocycles. The minimum absolute atomic E-state index is 0.946. The molecule has 0 radical (unpaired) electrons. The molecule has 1 aliphatic carbocycles. The number of nitrogens with zero attached hydrogens (tertiary/aromatic N) is 1. The normalized spacial score (nSPS) is 34.9. The van der Waals surface area contributed by atoms with Gasteiger partial charge in [-0.25, -0.2) is 0 Å². The first kappa shape index (κ1) is 11.0. The van der Waals surface area contributed by atoms with Crippen LogP contribution in [-0.2, 0) is 0 Å². The van der Waals surface area contributed by atoms with E-state index in [9.17, 15) is 0 Å². The van der Waals surface area contributed by atoms with Crippen LogP contribution in [0.3, 0.4) is 0 Å². The average Bonchev–Trinajstić information content (AvgIpc) is 2.29. The number of likely N-dealkylation sites (tertiary alicyclic amines) is 1. The van der Waals surface area contributed by atoms with Crippen LogP contribution in [0.25, 0.3) is 0 Å². The standard InChI is InChI=1S/C14H26N2/c1-2-11-16(13-4-3-5-13)14(6-1)12-7-9-15-10-8-12/h12-15H,1-11H2. The van der Waals surface area contributed by atoms with E-state index >= 15 is 0 Å². The Morgan fingerprint density at radius 1 is 0.812 bits per heavy atom. The molecule has 3 fully saturated rings. The van der Waals surface area contributed by atoms with Gasteiger partial charge in [-0.15, -0.1) is 0 Å². The summed E-state index contributed by atoms with van der Waals surface area (Å²) >= 11 is 0.